The Kier molecular flexibility index (Phi) is 5.90. The molecule has 1 unspecified atom stereocenters. The van der Waals surface area contributed by atoms with Gasteiger partial charge in [0.2, 0.25) is 0 Å². The largest absolute Gasteiger partial charge is 0.494 e. The Balaban J connectivity index is 2.46. The molecule has 0 aliphatic carbocycles. The molecule has 3 heteroatoms. The third kappa shape index (κ3) is 4.21. The van der Waals surface area contributed by atoms with Gasteiger partial charge < -0.3 is 15.2 Å². The molecule has 0 fully saturated rings. The zero-order valence-electron chi connectivity index (χ0n) is 10.1. The highest BCUT2D eigenvalue weighted by Crippen LogP contribution is 2.17. The third-order valence-corrected chi connectivity index (χ3v) is 2.34. The first-order chi connectivity index (χ1) is 7.77. The zero-order chi connectivity index (χ0) is 11.8. The van der Waals surface area contributed by atoms with Crippen molar-refractivity contribution in [1.29, 1.82) is 0 Å². The molecule has 0 bridgehead atoms. The van der Waals surface area contributed by atoms with Gasteiger partial charge in [-0.1, -0.05) is 19.1 Å². The fourth-order valence-electron chi connectivity index (χ4n) is 1.49. The van der Waals surface area contributed by atoms with Crippen molar-refractivity contribution in [1.82, 2.24) is 5.32 Å². The predicted octanol–water partition coefficient (Wildman–Crippen LogP) is 2.12. The summed E-state index contributed by atoms with van der Waals surface area (Å²) < 4.78 is 5.34. The molecule has 16 heavy (non-hydrogen) atoms. The molecular weight excluding hydrogens is 202 g/mol. The van der Waals surface area contributed by atoms with Crippen LogP contribution in [0.5, 0.6) is 5.75 Å². The fraction of sp³-hybridized carbons (Fsp3) is 0.538. The number of ether oxygens (including phenoxy) is 1. The van der Waals surface area contributed by atoms with E-state index in [1.807, 2.05) is 31.2 Å². The molecular formula is C13H21NO2. The van der Waals surface area contributed by atoms with Gasteiger partial charge >= 0.3 is 0 Å². The van der Waals surface area contributed by atoms with Gasteiger partial charge in [0.05, 0.1) is 12.7 Å². The summed E-state index contributed by atoms with van der Waals surface area (Å²) in [5, 5.41) is 13.1. The highest BCUT2D eigenvalue weighted by atomic mass is 16.5. The van der Waals surface area contributed by atoms with Crippen molar-refractivity contribution < 1.29 is 9.84 Å². The van der Waals surface area contributed by atoms with Crippen molar-refractivity contribution in [2.24, 2.45) is 0 Å². The van der Waals surface area contributed by atoms with Crippen LogP contribution >= 0.6 is 0 Å². The van der Waals surface area contributed by atoms with Crippen molar-refractivity contribution in [3.8, 4) is 5.75 Å². The van der Waals surface area contributed by atoms with Gasteiger partial charge in [0.15, 0.2) is 0 Å². The van der Waals surface area contributed by atoms with Crippen LogP contribution < -0.4 is 10.1 Å². The molecule has 2 N–H and O–H groups in total. The normalized spacial score (nSPS) is 12.4. The average Bonchev–Trinajstić information content (AvgIpc) is 2.30. The quantitative estimate of drug-likeness (QED) is 0.696. The lowest BCUT2D eigenvalue weighted by Gasteiger charge is -2.12. The summed E-state index contributed by atoms with van der Waals surface area (Å²) in [5.41, 5.74) is 0.923. The third-order valence-electron chi connectivity index (χ3n) is 2.34. The summed E-state index contributed by atoms with van der Waals surface area (Å²) in [7, 11) is 0. The molecule has 0 saturated heterocycles. The second-order valence-corrected chi connectivity index (χ2v) is 3.72. The fourth-order valence-corrected chi connectivity index (χ4v) is 1.49. The SMILES string of the molecule is CCCNCC(O)c1ccc(OCC)cc1. The molecule has 1 rings (SSSR count). The lowest BCUT2D eigenvalue weighted by atomic mass is 10.1. The summed E-state index contributed by atoms with van der Waals surface area (Å²) in [6.07, 6.45) is 0.637. The van der Waals surface area contributed by atoms with Crippen molar-refractivity contribution in [3.63, 3.8) is 0 Å². The maximum Gasteiger partial charge on any atom is 0.119 e. The van der Waals surface area contributed by atoms with E-state index in [4.69, 9.17) is 4.74 Å². The van der Waals surface area contributed by atoms with Crippen molar-refractivity contribution in [2.75, 3.05) is 19.7 Å². The Bertz CT molecular complexity index is 284. The Morgan fingerprint density at radius 1 is 1.25 bits per heavy atom. The first-order valence-electron chi connectivity index (χ1n) is 5.89. The van der Waals surface area contributed by atoms with E-state index in [2.05, 4.69) is 12.2 Å². The molecule has 0 aromatic heterocycles. The molecule has 0 heterocycles. The average molecular weight is 223 g/mol. The number of hydrogen-bond acceptors (Lipinski definition) is 3. The van der Waals surface area contributed by atoms with Crippen LogP contribution in [0.4, 0.5) is 0 Å². The lowest BCUT2D eigenvalue weighted by molar-refractivity contribution is 0.175. The van der Waals surface area contributed by atoms with Crippen LogP contribution in [0.15, 0.2) is 24.3 Å². The highest BCUT2D eigenvalue weighted by Gasteiger charge is 2.06. The van der Waals surface area contributed by atoms with Crippen LogP contribution in [0.3, 0.4) is 0 Å². The Labute approximate surface area is 97.4 Å². The zero-order valence-corrected chi connectivity index (χ0v) is 10.1. The summed E-state index contributed by atoms with van der Waals surface area (Å²) in [4.78, 5) is 0. The number of hydrogen-bond donors (Lipinski definition) is 2. The molecule has 0 spiro atoms. The second-order valence-electron chi connectivity index (χ2n) is 3.72. The maximum absolute atomic E-state index is 9.86. The van der Waals surface area contributed by atoms with E-state index in [0.717, 1.165) is 24.3 Å². The van der Waals surface area contributed by atoms with Gasteiger partial charge in [0.1, 0.15) is 5.75 Å². The molecule has 1 aromatic carbocycles. The Morgan fingerprint density at radius 2 is 1.94 bits per heavy atom. The number of rotatable bonds is 7. The minimum absolute atomic E-state index is 0.442. The maximum atomic E-state index is 9.86. The number of nitrogens with one attached hydrogen (secondary N) is 1. The number of benzene rings is 1. The minimum Gasteiger partial charge on any atom is -0.494 e. The van der Waals surface area contributed by atoms with Crippen molar-refractivity contribution in [2.45, 2.75) is 26.4 Å². The van der Waals surface area contributed by atoms with Crippen molar-refractivity contribution >= 4 is 0 Å². The van der Waals surface area contributed by atoms with Gasteiger partial charge in [0, 0.05) is 6.54 Å². The molecule has 1 aromatic rings. The molecule has 0 aliphatic heterocycles. The standard InChI is InChI=1S/C13H21NO2/c1-3-9-14-10-13(15)11-5-7-12(8-6-11)16-4-2/h5-8,13-15H,3-4,9-10H2,1-2H3. The second kappa shape index (κ2) is 7.25. The van der Waals surface area contributed by atoms with Gasteiger partial charge in [-0.2, -0.15) is 0 Å². The van der Waals surface area contributed by atoms with Crippen LogP contribution in [0.1, 0.15) is 31.9 Å². The van der Waals surface area contributed by atoms with Gasteiger partial charge in [-0.05, 0) is 37.6 Å². The minimum atomic E-state index is -0.442. The van der Waals surface area contributed by atoms with E-state index in [1.165, 1.54) is 0 Å². The molecule has 0 aliphatic rings. The number of aliphatic hydroxyl groups excluding tert-OH is 1. The molecule has 1 atom stereocenters. The van der Waals surface area contributed by atoms with E-state index in [0.29, 0.717) is 13.2 Å². The Hall–Kier alpha value is -1.06. The Morgan fingerprint density at radius 3 is 2.50 bits per heavy atom. The van der Waals surface area contributed by atoms with Gasteiger partial charge in [0.25, 0.3) is 0 Å². The van der Waals surface area contributed by atoms with E-state index in [1.54, 1.807) is 0 Å². The van der Waals surface area contributed by atoms with E-state index in [9.17, 15) is 5.11 Å². The summed E-state index contributed by atoms with van der Waals surface area (Å²) in [6.45, 7) is 6.27. The molecule has 0 amide bonds. The van der Waals surface area contributed by atoms with E-state index in [-0.39, 0.29) is 0 Å². The lowest BCUT2D eigenvalue weighted by Crippen LogP contribution is -2.22. The first kappa shape index (κ1) is 13.0. The van der Waals surface area contributed by atoms with Gasteiger partial charge in [-0.15, -0.1) is 0 Å². The molecule has 90 valence electrons. The summed E-state index contributed by atoms with van der Waals surface area (Å²) >= 11 is 0. The first-order valence-corrected chi connectivity index (χ1v) is 5.89. The smallest absolute Gasteiger partial charge is 0.119 e. The van der Waals surface area contributed by atoms with Crippen LogP contribution in [-0.2, 0) is 0 Å². The van der Waals surface area contributed by atoms with Crippen LogP contribution in [0, 0.1) is 0 Å². The summed E-state index contributed by atoms with van der Waals surface area (Å²) in [6, 6.07) is 7.59. The van der Waals surface area contributed by atoms with Crippen LogP contribution in [-0.4, -0.2) is 24.8 Å². The summed E-state index contributed by atoms with van der Waals surface area (Å²) in [5.74, 6) is 0.847. The van der Waals surface area contributed by atoms with Crippen LogP contribution in [0.25, 0.3) is 0 Å². The molecule has 0 radical (unpaired) electrons. The van der Waals surface area contributed by atoms with Gasteiger partial charge in [-0.25, -0.2) is 0 Å². The topological polar surface area (TPSA) is 41.5 Å². The van der Waals surface area contributed by atoms with Gasteiger partial charge in [-0.3, -0.25) is 0 Å². The number of aliphatic hydroxyl groups is 1. The molecule has 0 saturated carbocycles. The van der Waals surface area contributed by atoms with E-state index >= 15 is 0 Å². The van der Waals surface area contributed by atoms with E-state index < -0.39 is 6.10 Å². The predicted molar refractivity (Wildman–Crippen MR) is 65.7 cm³/mol. The molecule has 3 nitrogen and oxygen atoms in total. The van der Waals surface area contributed by atoms with Crippen molar-refractivity contribution in [3.05, 3.63) is 29.8 Å². The van der Waals surface area contributed by atoms with Crippen LogP contribution in [0.2, 0.25) is 0 Å². The highest BCUT2D eigenvalue weighted by molar-refractivity contribution is 5.28. The monoisotopic (exact) mass is 223 g/mol.